The molecule has 1 aromatic carbocycles. The van der Waals surface area contributed by atoms with Gasteiger partial charge in [-0.2, -0.15) is 0 Å². The van der Waals surface area contributed by atoms with Crippen LogP contribution < -0.4 is 10.1 Å². The lowest BCUT2D eigenvalue weighted by Crippen LogP contribution is -2.23. The summed E-state index contributed by atoms with van der Waals surface area (Å²) in [5, 5.41) is 3.36. The Balaban J connectivity index is 0.00000192. The molecule has 0 saturated heterocycles. The molecule has 3 rings (SSSR count). The number of carbonyl (C=O) groups excluding carboxylic acids is 1. The number of hydrogen-bond donors (Lipinski definition) is 1. The minimum Gasteiger partial charge on any atom is -0.426 e. The van der Waals surface area contributed by atoms with Crippen molar-refractivity contribution in [1.82, 2.24) is 0 Å². The standard InChI is InChI=1S/C18H24N2O2.ClH/c1-13-15(20-17-11-6-12-19-17)9-5-10-16(13)22-18(21)14-7-3-2-4-8-14;/h5,9-10,14H,2-4,6-8,11-12H2,1H3,(H,19,20);1H. The highest BCUT2D eigenvalue weighted by Gasteiger charge is 2.23. The Labute approximate surface area is 144 Å². The van der Waals surface area contributed by atoms with Gasteiger partial charge in [0.05, 0.1) is 5.92 Å². The van der Waals surface area contributed by atoms with Crippen molar-refractivity contribution in [2.24, 2.45) is 10.9 Å². The van der Waals surface area contributed by atoms with E-state index in [1.54, 1.807) is 0 Å². The van der Waals surface area contributed by atoms with Crippen LogP contribution in [0.5, 0.6) is 5.75 Å². The molecule has 0 amide bonds. The van der Waals surface area contributed by atoms with Crippen LogP contribution in [0.15, 0.2) is 23.2 Å². The fourth-order valence-corrected chi connectivity index (χ4v) is 3.19. The molecule has 23 heavy (non-hydrogen) atoms. The first-order chi connectivity index (χ1) is 10.7. The third-order valence-corrected chi connectivity index (χ3v) is 4.59. The van der Waals surface area contributed by atoms with Crippen LogP contribution in [0.4, 0.5) is 5.69 Å². The largest absolute Gasteiger partial charge is 0.426 e. The Morgan fingerprint density at radius 3 is 2.70 bits per heavy atom. The van der Waals surface area contributed by atoms with Crippen LogP contribution in [0.3, 0.4) is 0 Å². The third kappa shape index (κ3) is 4.47. The summed E-state index contributed by atoms with van der Waals surface area (Å²) < 4.78 is 5.67. The molecule has 1 heterocycles. The molecule has 1 aliphatic heterocycles. The average Bonchev–Trinajstić information content (AvgIpc) is 3.05. The van der Waals surface area contributed by atoms with Gasteiger partial charge < -0.3 is 10.1 Å². The Morgan fingerprint density at radius 1 is 1.22 bits per heavy atom. The second-order valence-corrected chi connectivity index (χ2v) is 6.24. The van der Waals surface area contributed by atoms with Crippen molar-refractivity contribution in [2.45, 2.75) is 51.9 Å². The van der Waals surface area contributed by atoms with E-state index < -0.39 is 0 Å². The van der Waals surface area contributed by atoms with Crippen LogP contribution in [0.25, 0.3) is 0 Å². The summed E-state index contributed by atoms with van der Waals surface area (Å²) in [6.45, 7) is 2.89. The topological polar surface area (TPSA) is 50.7 Å². The van der Waals surface area contributed by atoms with Gasteiger partial charge in [0.25, 0.3) is 0 Å². The van der Waals surface area contributed by atoms with Crippen LogP contribution in [-0.2, 0) is 4.79 Å². The molecule has 1 fully saturated rings. The Kier molecular flexibility index (Phi) is 6.46. The van der Waals surface area contributed by atoms with E-state index in [0.717, 1.165) is 62.2 Å². The van der Waals surface area contributed by atoms with E-state index in [-0.39, 0.29) is 24.3 Å². The monoisotopic (exact) mass is 336 g/mol. The van der Waals surface area contributed by atoms with Crippen molar-refractivity contribution >= 4 is 29.9 Å². The second kappa shape index (κ2) is 8.34. The fourth-order valence-electron chi connectivity index (χ4n) is 3.19. The normalized spacial score (nSPS) is 18.0. The number of nitrogens with zero attached hydrogens (tertiary/aromatic N) is 1. The number of rotatable bonds is 3. The van der Waals surface area contributed by atoms with Crippen LogP contribution in [-0.4, -0.2) is 18.3 Å². The second-order valence-electron chi connectivity index (χ2n) is 6.24. The van der Waals surface area contributed by atoms with E-state index in [4.69, 9.17) is 4.74 Å². The maximum absolute atomic E-state index is 12.3. The van der Waals surface area contributed by atoms with Crippen molar-refractivity contribution in [3.8, 4) is 5.75 Å². The smallest absolute Gasteiger partial charge is 0.314 e. The molecule has 0 bridgehead atoms. The molecule has 0 unspecified atom stereocenters. The lowest BCUT2D eigenvalue weighted by molar-refractivity contribution is -0.140. The summed E-state index contributed by atoms with van der Waals surface area (Å²) in [4.78, 5) is 16.7. The molecule has 1 saturated carbocycles. The summed E-state index contributed by atoms with van der Waals surface area (Å²) >= 11 is 0. The Bertz CT molecular complexity index is 580. The molecule has 5 heteroatoms. The quantitative estimate of drug-likeness (QED) is 0.652. The summed E-state index contributed by atoms with van der Waals surface area (Å²) in [6, 6.07) is 5.81. The van der Waals surface area contributed by atoms with E-state index in [1.807, 2.05) is 25.1 Å². The summed E-state index contributed by atoms with van der Waals surface area (Å²) in [5.41, 5.74) is 1.95. The number of nitrogens with one attached hydrogen (secondary N) is 1. The number of carbonyl (C=O) groups is 1. The molecule has 1 aliphatic carbocycles. The number of anilines is 1. The SMILES string of the molecule is Cc1c(NC2=NCCC2)cccc1OC(=O)C1CCCCC1.Cl. The van der Waals surface area contributed by atoms with E-state index in [9.17, 15) is 4.79 Å². The zero-order chi connectivity index (χ0) is 15.4. The highest BCUT2D eigenvalue weighted by atomic mass is 35.5. The van der Waals surface area contributed by atoms with Gasteiger partial charge in [0.15, 0.2) is 0 Å². The first kappa shape index (κ1) is 17.8. The zero-order valence-corrected chi connectivity index (χ0v) is 14.5. The number of ether oxygens (including phenoxy) is 1. The lowest BCUT2D eigenvalue weighted by atomic mass is 9.89. The van der Waals surface area contributed by atoms with Gasteiger partial charge in [-0.3, -0.25) is 9.79 Å². The Morgan fingerprint density at radius 2 is 2.00 bits per heavy atom. The van der Waals surface area contributed by atoms with Crippen molar-refractivity contribution in [1.29, 1.82) is 0 Å². The first-order valence-corrected chi connectivity index (χ1v) is 8.35. The summed E-state index contributed by atoms with van der Waals surface area (Å²) in [5.74, 6) is 1.69. The third-order valence-electron chi connectivity index (χ3n) is 4.59. The van der Waals surface area contributed by atoms with Crippen molar-refractivity contribution < 1.29 is 9.53 Å². The number of esters is 1. The van der Waals surface area contributed by atoms with Crippen LogP contribution in [0, 0.1) is 12.8 Å². The minimum absolute atomic E-state index is 0. The molecule has 1 N–H and O–H groups in total. The minimum atomic E-state index is -0.0712. The molecule has 4 nitrogen and oxygen atoms in total. The van der Waals surface area contributed by atoms with Gasteiger partial charge in [0, 0.05) is 24.2 Å². The van der Waals surface area contributed by atoms with Crippen molar-refractivity contribution in [2.75, 3.05) is 11.9 Å². The zero-order valence-electron chi connectivity index (χ0n) is 13.6. The average molecular weight is 337 g/mol. The van der Waals surface area contributed by atoms with Gasteiger partial charge >= 0.3 is 5.97 Å². The van der Waals surface area contributed by atoms with Crippen molar-refractivity contribution in [3.63, 3.8) is 0 Å². The number of halogens is 1. The van der Waals surface area contributed by atoms with Gasteiger partial charge in [0.2, 0.25) is 0 Å². The molecule has 0 atom stereocenters. The lowest BCUT2D eigenvalue weighted by Gasteiger charge is -2.21. The maximum Gasteiger partial charge on any atom is 0.314 e. The van der Waals surface area contributed by atoms with E-state index >= 15 is 0 Å². The van der Waals surface area contributed by atoms with Crippen LogP contribution >= 0.6 is 12.4 Å². The fraction of sp³-hybridized carbons (Fsp3) is 0.556. The predicted octanol–water partition coefficient (Wildman–Crippen LogP) is 4.51. The van der Waals surface area contributed by atoms with E-state index in [2.05, 4.69) is 10.3 Å². The van der Waals surface area contributed by atoms with E-state index in [0.29, 0.717) is 5.75 Å². The van der Waals surface area contributed by atoms with Gasteiger partial charge in [-0.1, -0.05) is 25.3 Å². The predicted molar refractivity (Wildman–Crippen MR) is 95.8 cm³/mol. The molecular formula is C18H25ClN2O2. The molecule has 0 radical (unpaired) electrons. The molecule has 2 aliphatic rings. The van der Waals surface area contributed by atoms with E-state index in [1.165, 1.54) is 6.42 Å². The van der Waals surface area contributed by atoms with Crippen molar-refractivity contribution in [3.05, 3.63) is 23.8 Å². The van der Waals surface area contributed by atoms with Gasteiger partial charge in [-0.25, -0.2) is 0 Å². The first-order valence-electron chi connectivity index (χ1n) is 8.35. The maximum atomic E-state index is 12.3. The number of benzene rings is 1. The number of aliphatic imine (C=N–C) groups is 1. The van der Waals surface area contributed by atoms with Crippen LogP contribution in [0.1, 0.15) is 50.5 Å². The number of hydrogen-bond acceptors (Lipinski definition) is 4. The summed E-state index contributed by atoms with van der Waals surface area (Å²) in [7, 11) is 0. The number of amidine groups is 1. The highest BCUT2D eigenvalue weighted by Crippen LogP contribution is 2.29. The molecule has 0 spiro atoms. The molecule has 0 aromatic heterocycles. The van der Waals surface area contributed by atoms with Gasteiger partial charge in [0.1, 0.15) is 11.6 Å². The molecule has 126 valence electrons. The van der Waals surface area contributed by atoms with Crippen LogP contribution in [0.2, 0.25) is 0 Å². The summed E-state index contributed by atoms with van der Waals surface area (Å²) in [6.07, 6.45) is 7.55. The molecule has 1 aromatic rings. The van der Waals surface area contributed by atoms with Gasteiger partial charge in [-0.15, -0.1) is 12.4 Å². The molecular weight excluding hydrogens is 312 g/mol. The van der Waals surface area contributed by atoms with Gasteiger partial charge in [-0.05, 0) is 38.3 Å². The highest BCUT2D eigenvalue weighted by molar-refractivity contribution is 5.97. The Hall–Kier alpha value is -1.55.